The molecule has 1 N–H and O–H groups in total. The first-order valence-corrected chi connectivity index (χ1v) is 3.28. The Balaban J connectivity index is 3.01. The molecule has 1 aromatic carbocycles. The summed E-state index contributed by atoms with van der Waals surface area (Å²) in [4.78, 5) is 0. The number of anilines is 1. The summed E-state index contributed by atoms with van der Waals surface area (Å²) in [6, 6.07) is 6.15. The summed E-state index contributed by atoms with van der Waals surface area (Å²) in [5, 5.41) is 2.81. The molecule has 0 bridgehead atoms. The van der Waals surface area contributed by atoms with E-state index in [1.807, 2.05) is 0 Å². The van der Waals surface area contributed by atoms with Crippen LogP contribution in [0.25, 0.3) is 0 Å². The van der Waals surface area contributed by atoms with Crippen molar-refractivity contribution in [1.29, 1.82) is 0 Å². The molecule has 56 valence electrons. The molecule has 0 saturated heterocycles. The summed E-state index contributed by atoms with van der Waals surface area (Å²) >= 11 is 5.61. The highest BCUT2D eigenvalue weighted by Gasteiger charge is 1.98. The van der Waals surface area contributed by atoms with Crippen LogP contribution in [0.1, 0.15) is 0 Å². The van der Waals surface area contributed by atoms with Crippen molar-refractivity contribution in [3.05, 3.63) is 29.0 Å². The molecule has 0 spiro atoms. The third-order valence-corrected chi connectivity index (χ3v) is 1.45. The van der Waals surface area contributed by atoms with Crippen LogP contribution < -0.4 is 5.32 Å². The maximum atomic E-state index is 12.4. The van der Waals surface area contributed by atoms with E-state index in [4.69, 9.17) is 18.0 Å². The Bertz CT molecular complexity index is 303. The van der Waals surface area contributed by atoms with Crippen molar-refractivity contribution < 1.29 is 4.39 Å². The fraction of sp³-hybridized carbons (Fsp3) is 0. The van der Waals surface area contributed by atoms with E-state index >= 15 is 0 Å². The number of halogens is 2. The third kappa shape index (κ3) is 1.86. The normalized spacial score (nSPS) is 8.82. The van der Waals surface area contributed by atoms with Gasteiger partial charge in [0.05, 0.1) is 10.7 Å². The first-order chi connectivity index (χ1) is 5.24. The molecule has 0 saturated carbocycles. The minimum atomic E-state index is -0.377. The molecule has 0 atom stereocenters. The van der Waals surface area contributed by atoms with Crippen LogP contribution in [0.3, 0.4) is 0 Å². The maximum Gasteiger partial charge on any atom is 0.124 e. The molecule has 0 aliphatic rings. The Hall–Kier alpha value is -1.20. The van der Waals surface area contributed by atoms with Gasteiger partial charge >= 0.3 is 0 Å². The largest absolute Gasteiger partial charge is 0.314 e. The summed E-state index contributed by atoms with van der Waals surface area (Å²) < 4.78 is 12.4. The first-order valence-electron chi connectivity index (χ1n) is 2.90. The molecular weight excluding hydrogens is 165 g/mol. The zero-order valence-corrected chi connectivity index (χ0v) is 6.32. The van der Waals surface area contributed by atoms with Crippen LogP contribution in [-0.4, -0.2) is 0 Å². The molecule has 0 aromatic heterocycles. The minimum Gasteiger partial charge on any atom is -0.314 e. The van der Waals surface area contributed by atoms with Crippen LogP contribution in [0.5, 0.6) is 0 Å². The SMILES string of the molecule is C#CNc1ccc(F)cc1Cl. The van der Waals surface area contributed by atoms with E-state index in [0.29, 0.717) is 5.69 Å². The number of nitrogens with one attached hydrogen (secondary N) is 1. The van der Waals surface area contributed by atoms with E-state index in [1.165, 1.54) is 18.2 Å². The lowest BCUT2D eigenvalue weighted by molar-refractivity contribution is 0.628. The summed E-state index contributed by atoms with van der Waals surface area (Å²) in [7, 11) is 0. The van der Waals surface area contributed by atoms with E-state index in [2.05, 4.69) is 11.4 Å². The van der Waals surface area contributed by atoms with Gasteiger partial charge in [-0.05, 0) is 18.2 Å². The van der Waals surface area contributed by atoms with Gasteiger partial charge in [0.15, 0.2) is 0 Å². The molecule has 0 unspecified atom stereocenters. The molecular formula is C8H5ClFN. The lowest BCUT2D eigenvalue weighted by Crippen LogP contribution is -1.88. The number of terminal acetylenes is 1. The second-order valence-electron chi connectivity index (χ2n) is 1.89. The molecule has 3 heteroatoms. The van der Waals surface area contributed by atoms with Gasteiger partial charge < -0.3 is 5.32 Å². The molecule has 0 fully saturated rings. The standard InChI is InChI=1S/C8H5ClFN/c1-2-11-8-4-3-6(10)5-7(8)9/h1,3-5,11H. The molecule has 1 nitrogen and oxygen atoms in total. The van der Waals surface area contributed by atoms with Crippen molar-refractivity contribution >= 4 is 17.3 Å². The second kappa shape index (κ2) is 3.27. The monoisotopic (exact) mass is 169 g/mol. The number of hydrogen-bond donors (Lipinski definition) is 1. The Kier molecular flexibility index (Phi) is 2.35. The predicted molar refractivity (Wildman–Crippen MR) is 43.9 cm³/mol. The number of benzene rings is 1. The van der Waals surface area contributed by atoms with Crippen molar-refractivity contribution in [2.24, 2.45) is 0 Å². The Morgan fingerprint density at radius 1 is 1.55 bits per heavy atom. The maximum absolute atomic E-state index is 12.4. The highest BCUT2D eigenvalue weighted by Crippen LogP contribution is 2.21. The van der Waals surface area contributed by atoms with Gasteiger partial charge in [0.25, 0.3) is 0 Å². The van der Waals surface area contributed by atoms with E-state index in [1.54, 1.807) is 0 Å². The van der Waals surface area contributed by atoms with Crippen molar-refractivity contribution in [1.82, 2.24) is 0 Å². The van der Waals surface area contributed by atoms with Gasteiger partial charge in [-0.25, -0.2) is 4.39 Å². The Morgan fingerprint density at radius 3 is 2.82 bits per heavy atom. The summed E-state index contributed by atoms with van der Waals surface area (Å²) in [5.41, 5.74) is 0.538. The van der Waals surface area contributed by atoms with Crippen LogP contribution in [0.2, 0.25) is 5.02 Å². The van der Waals surface area contributed by atoms with Gasteiger partial charge in [-0.2, -0.15) is 0 Å². The fourth-order valence-corrected chi connectivity index (χ4v) is 0.883. The molecule has 1 aromatic rings. The highest BCUT2D eigenvalue weighted by atomic mass is 35.5. The van der Waals surface area contributed by atoms with Crippen molar-refractivity contribution in [3.8, 4) is 12.5 Å². The first kappa shape index (κ1) is 7.90. The number of rotatable bonds is 1. The van der Waals surface area contributed by atoms with Crippen LogP contribution in [0.15, 0.2) is 18.2 Å². The van der Waals surface area contributed by atoms with E-state index < -0.39 is 0 Å². The average Bonchev–Trinajstić information content (AvgIpc) is 1.95. The third-order valence-electron chi connectivity index (χ3n) is 1.14. The van der Waals surface area contributed by atoms with Gasteiger partial charge in [0.1, 0.15) is 5.82 Å². The molecule has 0 radical (unpaired) electrons. The second-order valence-corrected chi connectivity index (χ2v) is 2.30. The summed E-state index contributed by atoms with van der Waals surface area (Å²) in [6.45, 7) is 0. The van der Waals surface area contributed by atoms with Gasteiger partial charge in [0.2, 0.25) is 0 Å². The summed E-state index contributed by atoms with van der Waals surface area (Å²) in [5.74, 6) is -0.377. The van der Waals surface area contributed by atoms with Gasteiger partial charge in [0, 0.05) is 6.04 Å². The topological polar surface area (TPSA) is 12.0 Å². The van der Waals surface area contributed by atoms with E-state index in [0.717, 1.165) is 0 Å². The lowest BCUT2D eigenvalue weighted by Gasteiger charge is -1.99. The Labute approximate surface area is 69.2 Å². The van der Waals surface area contributed by atoms with Gasteiger partial charge in [-0.1, -0.05) is 18.0 Å². The Morgan fingerprint density at radius 2 is 2.27 bits per heavy atom. The van der Waals surface area contributed by atoms with Crippen molar-refractivity contribution in [3.63, 3.8) is 0 Å². The molecule has 1 rings (SSSR count). The van der Waals surface area contributed by atoms with Crippen molar-refractivity contribution in [2.75, 3.05) is 5.32 Å². The van der Waals surface area contributed by atoms with E-state index in [9.17, 15) is 4.39 Å². The molecule has 0 aliphatic heterocycles. The smallest absolute Gasteiger partial charge is 0.124 e. The predicted octanol–water partition coefficient (Wildman–Crippen LogP) is 2.48. The van der Waals surface area contributed by atoms with Crippen LogP contribution in [-0.2, 0) is 0 Å². The summed E-state index contributed by atoms with van der Waals surface area (Å²) in [6.07, 6.45) is 4.95. The lowest BCUT2D eigenvalue weighted by atomic mass is 10.3. The van der Waals surface area contributed by atoms with Crippen LogP contribution >= 0.6 is 11.6 Å². The fourth-order valence-electron chi connectivity index (χ4n) is 0.669. The number of hydrogen-bond acceptors (Lipinski definition) is 1. The van der Waals surface area contributed by atoms with E-state index in [-0.39, 0.29) is 10.8 Å². The minimum absolute atomic E-state index is 0.281. The van der Waals surface area contributed by atoms with Gasteiger partial charge in [-0.3, -0.25) is 0 Å². The van der Waals surface area contributed by atoms with Crippen LogP contribution in [0, 0.1) is 18.3 Å². The van der Waals surface area contributed by atoms with Gasteiger partial charge in [-0.15, -0.1) is 0 Å². The molecule has 11 heavy (non-hydrogen) atoms. The van der Waals surface area contributed by atoms with Crippen LogP contribution in [0.4, 0.5) is 10.1 Å². The quantitative estimate of drug-likeness (QED) is 0.503. The molecule has 0 amide bonds. The zero-order chi connectivity index (χ0) is 8.27. The highest BCUT2D eigenvalue weighted by molar-refractivity contribution is 6.33. The van der Waals surface area contributed by atoms with Crippen molar-refractivity contribution in [2.45, 2.75) is 0 Å². The zero-order valence-electron chi connectivity index (χ0n) is 5.57. The average molecular weight is 170 g/mol. The molecule has 0 aliphatic carbocycles. The molecule has 0 heterocycles.